The molecule has 62 valence electrons. The summed E-state index contributed by atoms with van der Waals surface area (Å²) in [6, 6.07) is 0.866. The van der Waals surface area contributed by atoms with Gasteiger partial charge in [-0.25, -0.2) is 0 Å². The second-order valence-corrected chi connectivity index (χ2v) is 3.03. The molecular weight excluding hydrogens is 190 g/mol. The second kappa shape index (κ2) is 5.14. The van der Waals surface area contributed by atoms with E-state index in [0.29, 0.717) is 0 Å². The van der Waals surface area contributed by atoms with Crippen LogP contribution in [0.2, 0.25) is 0 Å². The van der Waals surface area contributed by atoms with Crippen LogP contribution in [0.15, 0.2) is 0 Å². The molecule has 1 aliphatic rings. The predicted octanol–water partition coefficient (Wildman–Crippen LogP) is 2.46. The maximum Gasteiger partial charge on any atom is 0.00673 e. The van der Waals surface area contributed by atoms with Crippen LogP contribution in [0, 0.1) is 0 Å². The van der Waals surface area contributed by atoms with Crippen molar-refractivity contribution in [3.05, 3.63) is 0 Å². The van der Waals surface area contributed by atoms with Gasteiger partial charge in [0.25, 0.3) is 0 Å². The first kappa shape index (κ1) is 10.4. The fourth-order valence-electron chi connectivity index (χ4n) is 1.61. The molecule has 1 unspecified atom stereocenters. The van der Waals surface area contributed by atoms with Crippen LogP contribution in [0.5, 0.6) is 0 Å². The summed E-state index contributed by atoms with van der Waals surface area (Å²) in [7, 11) is 0. The smallest absolute Gasteiger partial charge is 0.00673 e. The fourth-order valence-corrected chi connectivity index (χ4v) is 1.61. The van der Waals surface area contributed by atoms with Gasteiger partial charge in [0.05, 0.1) is 0 Å². The largest absolute Gasteiger partial charge is 0.301 e. The van der Waals surface area contributed by atoms with E-state index in [4.69, 9.17) is 0 Å². The molecule has 0 N–H and O–H groups in total. The minimum Gasteiger partial charge on any atom is -0.301 e. The lowest BCUT2D eigenvalue weighted by Crippen LogP contribution is -2.27. The molecule has 2 heteroatoms. The SMILES string of the molecule is Br.CCCN1CCCC1C. The van der Waals surface area contributed by atoms with E-state index in [9.17, 15) is 0 Å². The van der Waals surface area contributed by atoms with Crippen LogP contribution >= 0.6 is 17.0 Å². The van der Waals surface area contributed by atoms with E-state index in [1.54, 1.807) is 0 Å². The molecular formula is C8H18BrN. The molecule has 0 aromatic rings. The molecule has 0 bridgehead atoms. The number of rotatable bonds is 2. The Labute approximate surface area is 74.6 Å². The van der Waals surface area contributed by atoms with Crippen molar-refractivity contribution in [3.63, 3.8) is 0 Å². The van der Waals surface area contributed by atoms with Crippen molar-refractivity contribution >= 4 is 17.0 Å². The summed E-state index contributed by atoms with van der Waals surface area (Å²) in [4.78, 5) is 2.58. The van der Waals surface area contributed by atoms with Crippen LogP contribution in [0.3, 0.4) is 0 Å². The molecule has 1 fully saturated rings. The Hall–Kier alpha value is 0.440. The van der Waals surface area contributed by atoms with E-state index in [-0.39, 0.29) is 17.0 Å². The molecule has 1 aliphatic heterocycles. The van der Waals surface area contributed by atoms with E-state index >= 15 is 0 Å². The Bertz CT molecular complexity index is 85.3. The summed E-state index contributed by atoms with van der Waals surface area (Å²) >= 11 is 0. The Morgan fingerprint density at radius 3 is 2.60 bits per heavy atom. The maximum absolute atomic E-state index is 2.58. The second-order valence-electron chi connectivity index (χ2n) is 3.03. The molecule has 1 atom stereocenters. The number of halogens is 1. The zero-order valence-electron chi connectivity index (χ0n) is 6.97. The van der Waals surface area contributed by atoms with Crippen LogP contribution in [0.1, 0.15) is 33.1 Å². The highest BCUT2D eigenvalue weighted by molar-refractivity contribution is 8.93. The Morgan fingerprint density at radius 2 is 2.20 bits per heavy atom. The van der Waals surface area contributed by atoms with Crippen LogP contribution in [-0.2, 0) is 0 Å². The van der Waals surface area contributed by atoms with Crippen molar-refractivity contribution in [1.29, 1.82) is 0 Å². The number of likely N-dealkylation sites (tertiary alicyclic amines) is 1. The molecule has 1 heterocycles. The lowest BCUT2D eigenvalue weighted by Gasteiger charge is -2.19. The standard InChI is InChI=1S/C8H17N.BrH/c1-3-6-9-7-4-5-8(9)2;/h8H,3-7H2,1-2H3;1H. The first-order valence-electron chi connectivity index (χ1n) is 4.08. The summed E-state index contributed by atoms with van der Waals surface area (Å²) < 4.78 is 0. The van der Waals surface area contributed by atoms with Crippen LogP contribution in [-0.4, -0.2) is 24.0 Å². The van der Waals surface area contributed by atoms with E-state index in [0.717, 1.165) is 6.04 Å². The number of hydrogen-bond donors (Lipinski definition) is 0. The third-order valence-corrected chi connectivity index (χ3v) is 2.20. The van der Waals surface area contributed by atoms with E-state index < -0.39 is 0 Å². The minimum absolute atomic E-state index is 0. The van der Waals surface area contributed by atoms with E-state index in [1.807, 2.05) is 0 Å². The number of hydrogen-bond acceptors (Lipinski definition) is 1. The molecule has 1 rings (SSSR count). The molecule has 0 amide bonds. The van der Waals surface area contributed by atoms with Gasteiger partial charge in [-0.2, -0.15) is 0 Å². The molecule has 0 aromatic heterocycles. The topological polar surface area (TPSA) is 3.24 Å². The zero-order chi connectivity index (χ0) is 6.69. The van der Waals surface area contributed by atoms with Crippen molar-refractivity contribution < 1.29 is 0 Å². The summed E-state index contributed by atoms with van der Waals surface area (Å²) in [5, 5.41) is 0. The summed E-state index contributed by atoms with van der Waals surface area (Å²) in [6.07, 6.45) is 4.14. The monoisotopic (exact) mass is 207 g/mol. The van der Waals surface area contributed by atoms with Gasteiger partial charge in [0.1, 0.15) is 0 Å². The van der Waals surface area contributed by atoms with Gasteiger partial charge in [-0.1, -0.05) is 6.92 Å². The average Bonchev–Trinajstić information content (AvgIpc) is 2.18. The van der Waals surface area contributed by atoms with Crippen molar-refractivity contribution in [1.82, 2.24) is 4.90 Å². The lowest BCUT2D eigenvalue weighted by molar-refractivity contribution is 0.269. The van der Waals surface area contributed by atoms with Gasteiger partial charge in [0.15, 0.2) is 0 Å². The molecule has 0 aromatic carbocycles. The van der Waals surface area contributed by atoms with Crippen molar-refractivity contribution in [2.45, 2.75) is 39.2 Å². The molecule has 1 nitrogen and oxygen atoms in total. The Morgan fingerprint density at radius 1 is 1.50 bits per heavy atom. The fraction of sp³-hybridized carbons (Fsp3) is 1.00. The van der Waals surface area contributed by atoms with Gasteiger partial charge in [-0.3, -0.25) is 0 Å². The first-order valence-corrected chi connectivity index (χ1v) is 4.08. The highest BCUT2D eigenvalue weighted by Gasteiger charge is 2.17. The van der Waals surface area contributed by atoms with Gasteiger partial charge in [-0.05, 0) is 39.3 Å². The van der Waals surface area contributed by atoms with Crippen molar-refractivity contribution in [2.75, 3.05) is 13.1 Å². The van der Waals surface area contributed by atoms with Gasteiger partial charge in [0, 0.05) is 6.04 Å². The highest BCUT2D eigenvalue weighted by Crippen LogP contribution is 2.15. The van der Waals surface area contributed by atoms with Crippen LogP contribution in [0.25, 0.3) is 0 Å². The highest BCUT2D eigenvalue weighted by atomic mass is 79.9. The first-order chi connectivity index (χ1) is 4.34. The summed E-state index contributed by atoms with van der Waals surface area (Å²) in [5.74, 6) is 0. The van der Waals surface area contributed by atoms with Crippen LogP contribution < -0.4 is 0 Å². The molecule has 0 spiro atoms. The quantitative estimate of drug-likeness (QED) is 0.673. The third kappa shape index (κ3) is 2.59. The summed E-state index contributed by atoms with van der Waals surface area (Å²) in [6.45, 7) is 7.24. The van der Waals surface area contributed by atoms with Gasteiger partial charge in [0.2, 0.25) is 0 Å². The molecule has 10 heavy (non-hydrogen) atoms. The Balaban J connectivity index is 0.000000810. The van der Waals surface area contributed by atoms with E-state index in [1.165, 1.54) is 32.4 Å². The van der Waals surface area contributed by atoms with Crippen LogP contribution in [0.4, 0.5) is 0 Å². The third-order valence-electron chi connectivity index (χ3n) is 2.20. The zero-order valence-corrected chi connectivity index (χ0v) is 8.68. The molecule has 1 saturated heterocycles. The van der Waals surface area contributed by atoms with Crippen molar-refractivity contribution in [3.8, 4) is 0 Å². The van der Waals surface area contributed by atoms with Gasteiger partial charge < -0.3 is 4.90 Å². The molecule has 0 saturated carbocycles. The predicted molar refractivity (Wildman–Crippen MR) is 50.9 cm³/mol. The Kier molecular flexibility index (Phi) is 5.36. The lowest BCUT2D eigenvalue weighted by atomic mass is 10.2. The van der Waals surface area contributed by atoms with Gasteiger partial charge in [-0.15, -0.1) is 17.0 Å². The number of nitrogens with zero attached hydrogens (tertiary/aromatic N) is 1. The maximum atomic E-state index is 2.58. The minimum atomic E-state index is 0. The van der Waals surface area contributed by atoms with E-state index in [2.05, 4.69) is 18.7 Å². The normalized spacial score (nSPS) is 26.4. The average molecular weight is 208 g/mol. The van der Waals surface area contributed by atoms with Gasteiger partial charge >= 0.3 is 0 Å². The molecule has 0 radical (unpaired) electrons. The summed E-state index contributed by atoms with van der Waals surface area (Å²) in [5.41, 5.74) is 0. The molecule has 0 aliphatic carbocycles. The van der Waals surface area contributed by atoms with Crippen molar-refractivity contribution in [2.24, 2.45) is 0 Å².